The zero-order chi connectivity index (χ0) is 12.9. The zero-order valence-corrected chi connectivity index (χ0v) is 12.9. The van der Waals surface area contributed by atoms with Gasteiger partial charge in [-0.3, -0.25) is 0 Å². The van der Waals surface area contributed by atoms with Gasteiger partial charge in [0.05, 0.1) is 0 Å². The van der Waals surface area contributed by atoms with E-state index in [1.165, 1.54) is 15.9 Å². The Morgan fingerprint density at radius 2 is 0.619 bits per heavy atom. The van der Waals surface area contributed by atoms with Gasteiger partial charge in [-0.05, 0) is 23.8 Å². The van der Waals surface area contributed by atoms with Gasteiger partial charge in [0.1, 0.15) is 0 Å². The summed E-state index contributed by atoms with van der Waals surface area (Å²) in [5, 5.41) is 4.19. The van der Waals surface area contributed by atoms with Crippen LogP contribution in [0.15, 0.2) is 91.0 Å². The van der Waals surface area contributed by atoms with E-state index in [2.05, 4.69) is 91.0 Å². The molecule has 3 heteroatoms. The molecule has 0 aliphatic heterocycles. The fraction of sp³-hybridized carbons (Fsp3) is 0. The van der Waals surface area contributed by atoms with Crippen molar-refractivity contribution >= 4 is 23.8 Å². The molecule has 0 heterocycles. The predicted molar refractivity (Wildman–Crippen MR) is 95.2 cm³/mol. The van der Waals surface area contributed by atoms with Gasteiger partial charge < -0.3 is 12.3 Å². The molecule has 0 saturated carbocycles. The summed E-state index contributed by atoms with van der Waals surface area (Å²) >= 11 is 0. The van der Waals surface area contributed by atoms with Crippen LogP contribution in [-0.4, -0.2) is 0 Å². The van der Waals surface area contributed by atoms with Crippen molar-refractivity contribution in [3.05, 3.63) is 91.0 Å². The first kappa shape index (κ1) is 17.1. The fourth-order valence-electron chi connectivity index (χ4n) is 2.18. The van der Waals surface area contributed by atoms with Crippen molar-refractivity contribution in [3.63, 3.8) is 0 Å². The Hall–Kier alpha value is -1.99. The van der Waals surface area contributed by atoms with E-state index in [4.69, 9.17) is 0 Å². The normalized spacial score (nSPS) is 9.57. The maximum Gasteiger partial charge on any atom is -0.0134 e. The molecule has 0 amide bonds. The van der Waals surface area contributed by atoms with E-state index < -0.39 is 7.92 Å². The van der Waals surface area contributed by atoms with E-state index in [1.807, 2.05) is 0 Å². The van der Waals surface area contributed by atoms with Gasteiger partial charge in [0, 0.05) is 0 Å². The molecule has 3 aromatic carbocycles. The average molecular weight is 296 g/mol. The second-order valence-electron chi connectivity index (χ2n) is 4.34. The van der Waals surface area contributed by atoms with Crippen LogP contribution in [0, 0.1) is 0 Å². The molecule has 0 bridgehead atoms. The van der Waals surface area contributed by atoms with E-state index >= 15 is 0 Å². The van der Waals surface area contributed by atoms with Gasteiger partial charge in [-0.2, -0.15) is 0 Å². The van der Waals surface area contributed by atoms with Crippen molar-refractivity contribution in [2.24, 2.45) is 0 Å². The summed E-state index contributed by atoms with van der Waals surface area (Å²) in [5.74, 6) is 0. The Bertz CT molecular complexity index is 533. The van der Waals surface area contributed by atoms with Crippen LogP contribution in [0.25, 0.3) is 0 Å². The Labute approximate surface area is 127 Å². The van der Waals surface area contributed by atoms with Gasteiger partial charge in [-0.1, -0.05) is 91.0 Å². The number of hydrogen-bond donors (Lipinski definition) is 2. The molecule has 0 spiro atoms. The Balaban J connectivity index is 0.00000110. The highest BCUT2D eigenvalue weighted by molar-refractivity contribution is 7.79. The smallest absolute Gasteiger partial charge is 0.0134 e. The molecule has 0 unspecified atom stereocenters. The topological polar surface area (TPSA) is 70.0 Å². The highest BCUT2D eigenvalue weighted by Crippen LogP contribution is 2.32. The van der Waals surface area contributed by atoms with E-state index in [9.17, 15) is 0 Å². The molecule has 0 aliphatic rings. The van der Waals surface area contributed by atoms with Crippen molar-refractivity contribution < 1.29 is 0 Å². The molecule has 3 rings (SSSR count). The van der Waals surface area contributed by atoms with E-state index in [1.54, 1.807) is 0 Å². The van der Waals surface area contributed by atoms with Crippen LogP contribution < -0.4 is 28.2 Å². The molecular formula is C18H21N2P. The minimum absolute atomic E-state index is 0. The molecule has 2 nitrogen and oxygen atoms in total. The van der Waals surface area contributed by atoms with Crippen LogP contribution >= 0.6 is 7.92 Å². The summed E-state index contributed by atoms with van der Waals surface area (Å²) in [6.07, 6.45) is 0. The van der Waals surface area contributed by atoms with Crippen LogP contribution in [0.2, 0.25) is 0 Å². The van der Waals surface area contributed by atoms with Gasteiger partial charge in [0.25, 0.3) is 0 Å². The third kappa shape index (κ3) is 3.99. The average Bonchev–Trinajstić information content (AvgIpc) is 2.51. The molecule has 3 aromatic rings. The Morgan fingerprint density at radius 1 is 0.381 bits per heavy atom. The summed E-state index contributed by atoms with van der Waals surface area (Å²) in [5.41, 5.74) is 0. The molecule has 0 atom stereocenters. The van der Waals surface area contributed by atoms with E-state index in [-0.39, 0.29) is 12.3 Å². The lowest BCUT2D eigenvalue weighted by Gasteiger charge is -2.18. The van der Waals surface area contributed by atoms with E-state index in [0.29, 0.717) is 0 Å². The largest absolute Gasteiger partial charge is 0.344 e. The number of rotatable bonds is 3. The van der Waals surface area contributed by atoms with Crippen molar-refractivity contribution in [1.29, 1.82) is 0 Å². The van der Waals surface area contributed by atoms with Crippen LogP contribution in [-0.2, 0) is 0 Å². The lowest BCUT2D eigenvalue weighted by molar-refractivity contribution is 1.74. The van der Waals surface area contributed by atoms with Crippen molar-refractivity contribution in [1.82, 2.24) is 12.3 Å². The van der Waals surface area contributed by atoms with Gasteiger partial charge in [-0.15, -0.1) is 0 Å². The van der Waals surface area contributed by atoms with Gasteiger partial charge in [-0.25, -0.2) is 0 Å². The maximum atomic E-state index is 2.23. The highest BCUT2D eigenvalue weighted by atomic mass is 31.1. The molecule has 0 fully saturated rings. The zero-order valence-electron chi connectivity index (χ0n) is 12.0. The molecule has 0 aliphatic carbocycles. The molecule has 108 valence electrons. The third-order valence-corrected chi connectivity index (χ3v) is 5.49. The lowest BCUT2D eigenvalue weighted by Crippen LogP contribution is -2.20. The van der Waals surface area contributed by atoms with Gasteiger partial charge in [0.2, 0.25) is 0 Å². The third-order valence-electron chi connectivity index (χ3n) is 3.04. The first-order chi connectivity index (χ1) is 9.45. The van der Waals surface area contributed by atoms with Gasteiger partial charge in [0.15, 0.2) is 0 Å². The predicted octanol–water partition coefficient (Wildman–Crippen LogP) is 3.77. The highest BCUT2D eigenvalue weighted by Gasteiger charge is 2.14. The lowest BCUT2D eigenvalue weighted by atomic mass is 10.4. The summed E-state index contributed by atoms with van der Waals surface area (Å²) in [4.78, 5) is 0. The molecule has 6 N–H and O–H groups in total. The van der Waals surface area contributed by atoms with Crippen LogP contribution in [0.4, 0.5) is 0 Å². The van der Waals surface area contributed by atoms with Gasteiger partial charge >= 0.3 is 0 Å². The second kappa shape index (κ2) is 8.33. The first-order valence-corrected chi connectivity index (χ1v) is 7.74. The monoisotopic (exact) mass is 296 g/mol. The first-order valence-electron chi connectivity index (χ1n) is 6.40. The maximum absolute atomic E-state index is 2.23. The van der Waals surface area contributed by atoms with Crippen molar-refractivity contribution in [3.8, 4) is 0 Å². The van der Waals surface area contributed by atoms with Crippen LogP contribution in [0.3, 0.4) is 0 Å². The van der Waals surface area contributed by atoms with Crippen molar-refractivity contribution in [2.45, 2.75) is 0 Å². The molecule has 0 saturated heterocycles. The van der Waals surface area contributed by atoms with E-state index in [0.717, 1.165) is 0 Å². The van der Waals surface area contributed by atoms with Crippen LogP contribution in [0.5, 0.6) is 0 Å². The molecule has 0 aromatic heterocycles. The molecule has 21 heavy (non-hydrogen) atoms. The number of benzene rings is 3. The summed E-state index contributed by atoms with van der Waals surface area (Å²) in [6.45, 7) is 0. The quantitative estimate of drug-likeness (QED) is 0.722. The number of hydrogen-bond acceptors (Lipinski definition) is 2. The summed E-state index contributed by atoms with van der Waals surface area (Å²) in [6, 6.07) is 32.3. The standard InChI is InChI=1S/C18H15P.2H3N/c1-4-10-16(11-5-1)19(17-12-6-2-7-13-17)18-14-8-3-9-15-18;;/h1-15H;2*1H3. The SMILES string of the molecule is N.N.c1ccc(P(c2ccccc2)c2ccccc2)cc1. The Kier molecular flexibility index (Phi) is 6.77. The molecule has 0 radical (unpaired) electrons. The minimum Gasteiger partial charge on any atom is -0.344 e. The van der Waals surface area contributed by atoms with Crippen molar-refractivity contribution in [2.75, 3.05) is 0 Å². The van der Waals surface area contributed by atoms with Crippen LogP contribution in [0.1, 0.15) is 0 Å². The fourth-order valence-corrected chi connectivity index (χ4v) is 4.48. The summed E-state index contributed by atoms with van der Waals surface area (Å²) in [7, 11) is -0.446. The second-order valence-corrected chi connectivity index (χ2v) is 6.56. The summed E-state index contributed by atoms with van der Waals surface area (Å²) < 4.78 is 0. The molecular weight excluding hydrogens is 275 g/mol. The minimum atomic E-state index is -0.446. The Morgan fingerprint density at radius 3 is 0.857 bits per heavy atom.